The topological polar surface area (TPSA) is 34.4 Å². The third kappa shape index (κ3) is 2.38. The zero-order chi connectivity index (χ0) is 12.4. The van der Waals surface area contributed by atoms with E-state index in [0.717, 1.165) is 35.5 Å². The quantitative estimate of drug-likeness (QED) is 0.847. The summed E-state index contributed by atoms with van der Waals surface area (Å²) in [5.74, 6) is 0.252. The number of allylic oxidation sites excluding steroid dienone is 2. The lowest BCUT2D eigenvalue weighted by molar-refractivity contribution is -0.115. The Balaban J connectivity index is 1.73. The van der Waals surface area contributed by atoms with Gasteiger partial charge in [0.05, 0.1) is 12.1 Å². The zero-order valence-electron chi connectivity index (χ0n) is 10.3. The molecule has 3 rings (SSSR count). The molecule has 0 N–H and O–H groups in total. The van der Waals surface area contributed by atoms with E-state index in [0.29, 0.717) is 6.42 Å². The van der Waals surface area contributed by atoms with Gasteiger partial charge in [0.2, 0.25) is 0 Å². The van der Waals surface area contributed by atoms with Crippen LogP contribution in [0.4, 0.5) is 0 Å². The molecule has 2 aromatic heterocycles. The molecular weight excluding hydrogens is 244 g/mol. The predicted molar refractivity (Wildman–Crippen MR) is 72.9 cm³/mol. The minimum Gasteiger partial charge on any atom is -0.297 e. The smallest absolute Gasteiger partial charge is 0.193 e. The highest BCUT2D eigenvalue weighted by Gasteiger charge is 2.14. The highest BCUT2D eigenvalue weighted by Crippen LogP contribution is 2.20. The number of nitrogens with zero attached hydrogens (tertiary/aromatic N) is 2. The average molecular weight is 260 g/mol. The molecule has 0 radical (unpaired) electrons. The fourth-order valence-electron chi connectivity index (χ4n) is 2.41. The van der Waals surface area contributed by atoms with E-state index in [1.807, 2.05) is 22.2 Å². The van der Waals surface area contributed by atoms with Crippen molar-refractivity contribution in [1.82, 2.24) is 9.38 Å². The van der Waals surface area contributed by atoms with E-state index in [4.69, 9.17) is 0 Å². The lowest BCUT2D eigenvalue weighted by Gasteiger charge is -2.02. The highest BCUT2D eigenvalue weighted by molar-refractivity contribution is 7.15. The lowest BCUT2D eigenvalue weighted by atomic mass is 10.0. The van der Waals surface area contributed by atoms with Crippen LogP contribution in [0.15, 0.2) is 29.4 Å². The second kappa shape index (κ2) is 5.06. The molecule has 2 aromatic rings. The number of carbonyl (C=O) groups is 1. The summed E-state index contributed by atoms with van der Waals surface area (Å²) >= 11 is 1.60. The van der Waals surface area contributed by atoms with Crippen LogP contribution < -0.4 is 0 Å². The first-order valence-electron chi connectivity index (χ1n) is 6.46. The fourth-order valence-corrected chi connectivity index (χ4v) is 3.13. The van der Waals surface area contributed by atoms with Crippen LogP contribution in [0.25, 0.3) is 4.96 Å². The van der Waals surface area contributed by atoms with E-state index in [1.165, 1.54) is 12.8 Å². The number of hydrogen-bond acceptors (Lipinski definition) is 3. The molecule has 0 atom stereocenters. The molecule has 0 amide bonds. The van der Waals surface area contributed by atoms with Crippen molar-refractivity contribution in [2.24, 2.45) is 0 Å². The first-order chi connectivity index (χ1) is 8.83. The van der Waals surface area contributed by atoms with E-state index in [-0.39, 0.29) is 5.78 Å². The van der Waals surface area contributed by atoms with Gasteiger partial charge >= 0.3 is 0 Å². The van der Waals surface area contributed by atoms with E-state index in [2.05, 4.69) is 11.1 Å². The van der Waals surface area contributed by atoms with Crippen LogP contribution in [-0.2, 0) is 11.2 Å². The van der Waals surface area contributed by atoms with Crippen LogP contribution in [0.5, 0.6) is 0 Å². The Morgan fingerprint density at radius 3 is 3.22 bits per heavy atom. The number of Topliss-reactive ketones (excluding diaryl/α,β-unsaturated/α-hetero) is 1. The van der Waals surface area contributed by atoms with Crippen molar-refractivity contribution < 1.29 is 4.79 Å². The number of carbonyl (C=O) groups excluding carboxylic acids is 1. The largest absolute Gasteiger partial charge is 0.297 e. The van der Waals surface area contributed by atoms with Crippen LogP contribution in [0.2, 0.25) is 0 Å². The van der Waals surface area contributed by atoms with Crippen molar-refractivity contribution in [2.45, 2.75) is 38.5 Å². The molecular formula is C14H16N2OS. The van der Waals surface area contributed by atoms with Crippen LogP contribution in [0, 0.1) is 0 Å². The van der Waals surface area contributed by atoms with Crippen LogP contribution >= 0.6 is 11.3 Å². The predicted octanol–water partition coefficient (Wildman–Crippen LogP) is 3.40. The number of hydrogen-bond donors (Lipinski definition) is 0. The van der Waals surface area contributed by atoms with Gasteiger partial charge in [-0.15, -0.1) is 11.3 Å². The summed E-state index contributed by atoms with van der Waals surface area (Å²) in [6.07, 6.45) is 12.1. The van der Waals surface area contributed by atoms with Gasteiger partial charge in [-0.05, 0) is 31.3 Å². The molecule has 3 nitrogen and oxygen atoms in total. The molecule has 0 saturated carbocycles. The molecule has 0 fully saturated rings. The molecule has 0 aromatic carbocycles. The number of ketones is 1. The van der Waals surface area contributed by atoms with E-state index in [1.54, 1.807) is 11.3 Å². The van der Waals surface area contributed by atoms with Crippen molar-refractivity contribution in [3.05, 3.63) is 35.1 Å². The van der Waals surface area contributed by atoms with Crippen molar-refractivity contribution >= 4 is 22.1 Å². The van der Waals surface area contributed by atoms with Crippen molar-refractivity contribution in [2.75, 3.05) is 0 Å². The maximum Gasteiger partial charge on any atom is 0.193 e. The lowest BCUT2D eigenvalue weighted by Crippen LogP contribution is -2.06. The normalized spacial score (nSPS) is 16.6. The fraction of sp³-hybridized carbons (Fsp3) is 0.429. The molecule has 0 spiro atoms. The van der Waals surface area contributed by atoms with Crippen molar-refractivity contribution in [3.8, 4) is 0 Å². The minimum atomic E-state index is 0.252. The van der Waals surface area contributed by atoms with Crippen LogP contribution in [-0.4, -0.2) is 15.2 Å². The third-order valence-corrected chi connectivity index (χ3v) is 4.15. The van der Waals surface area contributed by atoms with Gasteiger partial charge in [-0.25, -0.2) is 4.98 Å². The van der Waals surface area contributed by atoms with Gasteiger partial charge in [0.1, 0.15) is 0 Å². The number of thiazole rings is 1. The molecule has 2 heterocycles. The Kier molecular flexibility index (Phi) is 3.28. The van der Waals surface area contributed by atoms with Crippen LogP contribution in [0.1, 0.15) is 37.8 Å². The van der Waals surface area contributed by atoms with Gasteiger partial charge in [-0.3, -0.25) is 9.20 Å². The summed E-state index contributed by atoms with van der Waals surface area (Å²) in [7, 11) is 0. The summed E-state index contributed by atoms with van der Waals surface area (Å²) in [4.78, 5) is 17.6. The Labute approximate surface area is 110 Å². The number of fused-ring (bicyclic) bond motifs is 1. The number of aromatic nitrogens is 2. The van der Waals surface area contributed by atoms with E-state index < -0.39 is 0 Å². The molecule has 94 valence electrons. The SMILES string of the molecule is O=C(Cc1cn2ccsc2n1)C1=CCCCCC1. The van der Waals surface area contributed by atoms with Gasteiger partial charge in [0.25, 0.3) is 0 Å². The Bertz CT molecular complexity index is 565. The van der Waals surface area contributed by atoms with Crippen LogP contribution in [0.3, 0.4) is 0 Å². The summed E-state index contributed by atoms with van der Waals surface area (Å²) in [5, 5.41) is 2.00. The van der Waals surface area contributed by atoms with Gasteiger partial charge < -0.3 is 0 Å². The maximum absolute atomic E-state index is 12.2. The molecule has 0 saturated heterocycles. The molecule has 18 heavy (non-hydrogen) atoms. The Morgan fingerprint density at radius 2 is 2.33 bits per heavy atom. The number of imidazole rings is 1. The summed E-state index contributed by atoms with van der Waals surface area (Å²) in [6.45, 7) is 0. The van der Waals surface area contributed by atoms with Crippen molar-refractivity contribution in [3.63, 3.8) is 0 Å². The zero-order valence-corrected chi connectivity index (χ0v) is 11.1. The van der Waals surface area contributed by atoms with Gasteiger partial charge in [0, 0.05) is 17.8 Å². The molecule has 1 aliphatic carbocycles. The van der Waals surface area contributed by atoms with E-state index in [9.17, 15) is 4.79 Å². The minimum absolute atomic E-state index is 0.252. The maximum atomic E-state index is 12.2. The average Bonchev–Trinajstić information content (AvgIpc) is 2.80. The first-order valence-corrected chi connectivity index (χ1v) is 7.34. The van der Waals surface area contributed by atoms with Crippen molar-refractivity contribution in [1.29, 1.82) is 0 Å². The Hall–Kier alpha value is -1.42. The molecule has 0 aliphatic heterocycles. The second-order valence-electron chi connectivity index (χ2n) is 4.75. The summed E-state index contributed by atoms with van der Waals surface area (Å²) in [5.41, 5.74) is 1.90. The molecule has 0 unspecified atom stereocenters. The highest BCUT2D eigenvalue weighted by atomic mass is 32.1. The first kappa shape index (κ1) is 11.7. The summed E-state index contributed by atoms with van der Waals surface area (Å²) < 4.78 is 1.98. The number of rotatable bonds is 3. The van der Waals surface area contributed by atoms with E-state index >= 15 is 0 Å². The molecule has 4 heteroatoms. The van der Waals surface area contributed by atoms with Gasteiger partial charge in [-0.1, -0.05) is 12.5 Å². The van der Waals surface area contributed by atoms with Gasteiger partial charge in [0.15, 0.2) is 10.7 Å². The second-order valence-corrected chi connectivity index (χ2v) is 5.63. The molecule has 1 aliphatic rings. The standard InChI is InChI=1S/C14H16N2OS/c17-13(11-5-3-1-2-4-6-11)9-12-10-16-7-8-18-14(16)15-12/h5,7-8,10H,1-4,6,9H2. The monoisotopic (exact) mass is 260 g/mol. The van der Waals surface area contributed by atoms with Gasteiger partial charge in [-0.2, -0.15) is 0 Å². The third-order valence-electron chi connectivity index (χ3n) is 3.38. The Morgan fingerprint density at radius 1 is 1.39 bits per heavy atom. The molecule has 0 bridgehead atoms. The summed E-state index contributed by atoms with van der Waals surface area (Å²) in [6, 6.07) is 0.